The lowest BCUT2D eigenvalue weighted by Gasteiger charge is -2.49. The number of carbonyl (C=O) groups excluding carboxylic acids is 1. The number of halogens is 16. The van der Waals surface area contributed by atoms with Crippen LogP contribution in [0.4, 0.5) is 70.2 Å². The van der Waals surface area contributed by atoms with Gasteiger partial charge in [0.1, 0.15) is 6.04 Å². The van der Waals surface area contributed by atoms with Crippen molar-refractivity contribution in [2.24, 2.45) is 5.92 Å². The minimum absolute atomic E-state index is 0.0993. The maximum absolute atomic E-state index is 14.2. The summed E-state index contributed by atoms with van der Waals surface area (Å²) in [6, 6.07) is -3.29. The van der Waals surface area contributed by atoms with Gasteiger partial charge >= 0.3 is 47.9 Å². The molecule has 0 spiro atoms. The molecule has 1 fully saturated rings. The number of rotatable bonds is 10. The summed E-state index contributed by atoms with van der Waals surface area (Å²) in [5.74, 6) is -57.3. The van der Waals surface area contributed by atoms with Gasteiger partial charge in [-0.15, -0.1) is 0 Å². The molecule has 2 unspecified atom stereocenters. The Kier molecular flexibility index (Phi) is 7.58. The van der Waals surface area contributed by atoms with Crippen LogP contribution in [0, 0.1) is 5.92 Å². The quantitative estimate of drug-likeness (QED) is 0.296. The predicted octanol–water partition coefficient (Wildman–Crippen LogP) is 6.35. The summed E-state index contributed by atoms with van der Waals surface area (Å²) >= 11 is 0. The number of alkyl halides is 16. The van der Waals surface area contributed by atoms with Gasteiger partial charge < -0.3 is 4.90 Å². The van der Waals surface area contributed by atoms with Gasteiger partial charge in [-0.2, -0.15) is 61.5 Å². The smallest absolute Gasteiger partial charge is 0.333 e. The van der Waals surface area contributed by atoms with Crippen LogP contribution in [0.25, 0.3) is 0 Å². The van der Waals surface area contributed by atoms with E-state index in [9.17, 15) is 75.0 Å². The van der Waals surface area contributed by atoms with E-state index in [0.717, 1.165) is 6.92 Å². The molecule has 2 nitrogen and oxygen atoms in total. The van der Waals surface area contributed by atoms with Crippen molar-refractivity contribution in [3.05, 3.63) is 0 Å². The minimum atomic E-state index is -8.43. The third-order valence-electron chi connectivity index (χ3n) is 5.44. The van der Waals surface area contributed by atoms with E-state index < -0.39 is 78.7 Å². The highest BCUT2D eigenvalue weighted by Crippen LogP contribution is 2.63. The van der Waals surface area contributed by atoms with Crippen LogP contribution in [0.3, 0.4) is 0 Å². The molecule has 1 rings (SSSR count). The summed E-state index contributed by atoms with van der Waals surface area (Å²) < 4.78 is 214. The summed E-state index contributed by atoms with van der Waals surface area (Å²) in [5.41, 5.74) is 0. The maximum atomic E-state index is 14.2. The fraction of sp³-hybridized carbons (Fsp3) is 0.938. The highest BCUT2D eigenvalue weighted by atomic mass is 19.4. The number of nitrogens with zero attached hydrogens (tertiary/aromatic N) is 1. The second-order valence-corrected chi connectivity index (χ2v) is 7.56. The number of hydrogen-bond acceptors (Lipinski definition) is 1. The van der Waals surface area contributed by atoms with Crippen LogP contribution in [0.15, 0.2) is 0 Å². The van der Waals surface area contributed by atoms with Gasteiger partial charge in [0.2, 0.25) is 5.91 Å². The number of carbonyl (C=O) groups is 1. The molecule has 1 saturated heterocycles. The van der Waals surface area contributed by atoms with Crippen molar-refractivity contribution in [3.8, 4) is 0 Å². The lowest BCUT2D eigenvalue weighted by Crippen LogP contribution is -2.76. The molecule has 0 saturated carbocycles. The zero-order chi connectivity index (χ0) is 27.5. The average molecular weight is 541 g/mol. The highest BCUT2D eigenvalue weighted by Gasteiger charge is 2.94. The molecule has 18 heteroatoms. The van der Waals surface area contributed by atoms with Crippen molar-refractivity contribution in [1.29, 1.82) is 0 Å². The Balaban J connectivity index is 3.54. The van der Waals surface area contributed by atoms with Crippen molar-refractivity contribution in [3.63, 3.8) is 0 Å². The first-order chi connectivity index (χ1) is 14.8. The SMILES string of the molecule is CCC(C)C(=O)N1CCC1C(F)(F)C(F)(F)C(F)(F)C(F)(F)C(F)(F)C(F)(F)C(F)(F)C(F)F. The third kappa shape index (κ3) is 3.76. The summed E-state index contributed by atoms with van der Waals surface area (Å²) in [5, 5.41) is 0. The Morgan fingerprint density at radius 3 is 1.47 bits per heavy atom. The molecule has 1 aliphatic rings. The van der Waals surface area contributed by atoms with Gasteiger partial charge in [-0.05, 0) is 12.8 Å². The largest absolute Gasteiger partial charge is 0.384 e. The van der Waals surface area contributed by atoms with E-state index in [4.69, 9.17) is 0 Å². The van der Waals surface area contributed by atoms with Crippen molar-refractivity contribution in [1.82, 2.24) is 4.90 Å². The second kappa shape index (κ2) is 8.48. The highest BCUT2D eigenvalue weighted by molar-refractivity contribution is 5.79. The second-order valence-electron chi connectivity index (χ2n) is 7.56. The van der Waals surface area contributed by atoms with Crippen LogP contribution in [-0.2, 0) is 4.79 Å². The molecule has 1 heterocycles. The first kappa shape index (κ1) is 30.4. The molecule has 0 aromatic rings. The van der Waals surface area contributed by atoms with Gasteiger partial charge in [0, 0.05) is 12.5 Å². The molecule has 0 aromatic heterocycles. The van der Waals surface area contributed by atoms with Crippen LogP contribution >= 0.6 is 0 Å². The van der Waals surface area contributed by atoms with E-state index in [0.29, 0.717) is 0 Å². The lowest BCUT2D eigenvalue weighted by molar-refractivity contribution is -0.450. The molecule has 0 N–H and O–H groups in total. The summed E-state index contributed by atoms with van der Waals surface area (Å²) in [6.45, 7) is 1.59. The fourth-order valence-electron chi connectivity index (χ4n) is 2.84. The van der Waals surface area contributed by atoms with E-state index in [1.807, 2.05) is 0 Å². The summed E-state index contributed by atoms with van der Waals surface area (Å²) in [6.07, 6.45) is -7.23. The maximum Gasteiger partial charge on any atom is 0.384 e. The normalized spacial score (nSPS) is 20.4. The molecule has 1 aliphatic heterocycles. The van der Waals surface area contributed by atoms with Gasteiger partial charge in [-0.1, -0.05) is 13.8 Å². The molecule has 2 atom stereocenters. The van der Waals surface area contributed by atoms with Gasteiger partial charge in [0.25, 0.3) is 0 Å². The molecule has 0 aromatic carbocycles. The number of likely N-dealkylation sites (tertiary alicyclic amines) is 1. The van der Waals surface area contributed by atoms with Crippen LogP contribution < -0.4 is 0 Å². The monoisotopic (exact) mass is 541 g/mol. The van der Waals surface area contributed by atoms with E-state index in [-0.39, 0.29) is 11.3 Å². The lowest BCUT2D eigenvalue weighted by atomic mass is 9.83. The van der Waals surface area contributed by atoms with E-state index in [1.165, 1.54) is 6.92 Å². The first-order valence-electron chi connectivity index (χ1n) is 9.05. The van der Waals surface area contributed by atoms with Crippen molar-refractivity contribution < 1.29 is 75.0 Å². The minimum Gasteiger partial charge on any atom is -0.333 e. The molecular formula is C16H15F16NO. The standard InChI is InChI=1S/C16H15F16NO/c1-3-6(2)8(34)33-5-4-7(33)10(19,20)12(23,24)14(27,28)16(31,32)15(29,30)13(25,26)11(21,22)9(17)18/h6-7,9H,3-5H2,1-2H3. The number of amides is 1. The molecule has 34 heavy (non-hydrogen) atoms. The molecule has 0 bridgehead atoms. The average Bonchev–Trinajstić information content (AvgIpc) is 2.64. The molecule has 1 amide bonds. The van der Waals surface area contributed by atoms with Crippen molar-refractivity contribution >= 4 is 5.91 Å². The van der Waals surface area contributed by atoms with Crippen LogP contribution in [-0.4, -0.2) is 71.3 Å². The summed E-state index contributed by atoms with van der Waals surface area (Å²) in [7, 11) is 0. The zero-order valence-electron chi connectivity index (χ0n) is 16.8. The Morgan fingerprint density at radius 1 is 0.765 bits per heavy atom. The molecule has 0 radical (unpaired) electrons. The molecular weight excluding hydrogens is 526 g/mol. The Hall–Kier alpha value is -1.65. The molecule has 202 valence electrons. The topological polar surface area (TPSA) is 20.3 Å². The zero-order valence-corrected chi connectivity index (χ0v) is 16.8. The van der Waals surface area contributed by atoms with E-state index in [1.54, 1.807) is 0 Å². The Morgan fingerprint density at radius 2 is 1.15 bits per heavy atom. The number of hydrogen-bond donors (Lipinski definition) is 0. The van der Waals surface area contributed by atoms with Crippen molar-refractivity contribution in [2.45, 2.75) is 80.6 Å². The predicted molar refractivity (Wildman–Crippen MR) is 80.2 cm³/mol. The van der Waals surface area contributed by atoms with Gasteiger partial charge in [-0.25, -0.2) is 8.78 Å². The molecule has 0 aliphatic carbocycles. The third-order valence-corrected chi connectivity index (χ3v) is 5.44. The van der Waals surface area contributed by atoms with Crippen LogP contribution in [0.1, 0.15) is 26.7 Å². The Labute approximate surface area is 180 Å². The Bertz CT molecular complexity index is 764. The first-order valence-corrected chi connectivity index (χ1v) is 9.05. The van der Waals surface area contributed by atoms with Gasteiger partial charge in [0.05, 0.1) is 0 Å². The van der Waals surface area contributed by atoms with E-state index in [2.05, 4.69) is 0 Å². The summed E-state index contributed by atoms with van der Waals surface area (Å²) in [4.78, 5) is 11.7. The van der Waals surface area contributed by atoms with Crippen LogP contribution in [0.5, 0.6) is 0 Å². The van der Waals surface area contributed by atoms with E-state index >= 15 is 0 Å². The van der Waals surface area contributed by atoms with Gasteiger partial charge in [-0.3, -0.25) is 4.79 Å². The van der Waals surface area contributed by atoms with Gasteiger partial charge in [0.15, 0.2) is 0 Å². The fourth-order valence-corrected chi connectivity index (χ4v) is 2.84. The van der Waals surface area contributed by atoms with Crippen molar-refractivity contribution in [2.75, 3.05) is 6.54 Å². The van der Waals surface area contributed by atoms with Crippen LogP contribution in [0.2, 0.25) is 0 Å².